The van der Waals surface area contributed by atoms with Crippen LogP contribution >= 0.6 is 23.2 Å². The number of benzene rings is 1. The van der Waals surface area contributed by atoms with Crippen molar-refractivity contribution in [1.82, 2.24) is 15.0 Å². The van der Waals surface area contributed by atoms with Crippen LogP contribution in [0.15, 0.2) is 48.9 Å². The Morgan fingerprint density at radius 3 is 2.33 bits per heavy atom. The van der Waals surface area contributed by atoms with Crippen molar-refractivity contribution in [2.75, 3.05) is 10.6 Å². The van der Waals surface area contributed by atoms with Crippen molar-refractivity contribution in [3.05, 3.63) is 70.2 Å². The van der Waals surface area contributed by atoms with Gasteiger partial charge >= 0.3 is 5.97 Å². The van der Waals surface area contributed by atoms with Crippen molar-refractivity contribution >= 4 is 52.4 Å². The Morgan fingerprint density at radius 2 is 1.70 bits per heavy atom. The van der Waals surface area contributed by atoms with Gasteiger partial charge in [-0.05, 0) is 18.2 Å². The highest BCUT2D eigenvalue weighted by atomic mass is 35.5. The predicted octanol–water partition coefficient (Wildman–Crippen LogP) is 3.87. The molecule has 3 aromatic rings. The Balaban J connectivity index is 1.75. The van der Waals surface area contributed by atoms with E-state index in [1.165, 1.54) is 12.4 Å². The molecule has 0 aliphatic rings. The highest BCUT2D eigenvalue weighted by molar-refractivity contribution is 6.40. The monoisotopic (exact) mass is 403 g/mol. The molecule has 0 saturated heterocycles. The molecule has 8 nitrogen and oxygen atoms in total. The van der Waals surface area contributed by atoms with Gasteiger partial charge in [0.05, 0.1) is 28.0 Å². The van der Waals surface area contributed by atoms with Crippen LogP contribution in [0.2, 0.25) is 10.0 Å². The second kappa shape index (κ2) is 7.98. The van der Waals surface area contributed by atoms with E-state index in [1.54, 1.807) is 30.3 Å². The quantitative estimate of drug-likeness (QED) is 0.591. The minimum absolute atomic E-state index is 0.169. The van der Waals surface area contributed by atoms with Crippen molar-refractivity contribution in [1.29, 1.82) is 0 Å². The molecule has 0 radical (unpaired) electrons. The zero-order valence-electron chi connectivity index (χ0n) is 13.5. The summed E-state index contributed by atoms with van der Waals surface area (Å²) < 4.78 is 0. The first kappa shape index (κ1) is 18.6. The van der Waals surface area contributed by atoms with Crippen molar-refractivity contribution in [2.24, 2.45) is 0 Å². The van der Waals surface area contributed by atoms with E-state index < -0.39 is 11.9 Å². The molecule has 0 spiro atoms. The first-order valence-corrected chi connectivity index (χ1v) is 8.23. The first-order chi connectivity index (χ1) is 12.9. The molecule has 0 atom stereocenters. The third-order valence-electron chi connectivity index (χ3n) is 3.33. The summed E-state index contributed by atoms with van der Waals surface area (Å²) in [5.74, 6) is -0.968. The van der Waals surface area contributed by atoms with Gasteiger partial charge in [-0.25, -0.2) is 19.7 Å². The normalized spacial score (nSPS) is 10.3. The molecule has 136 valence electrons. The van der Waals surface area contributed by atoms with Crippen LogP contribution in [0.1, 0.15) is 20.8 Å². The maximum Gasteiger partial charge on any atom is 0.356 e. The summed E-state index contributed by atoms with van der Waals surface area (Å²) in [5, 5.41) is 14.9. The summed E-state index contributed by atoms with van der Waals surface area (Å²) in [5.41, 5.74) is 0.442. The molecule has 2 aromatic heterocycles. The van der Waals surface area contributed by atoms with Gasteiger partial charge in [0.15, 0.2) is 5.69 Å². The summed E-state index contributed by atoms with van der Waals surface area (Å²) in [4.78, 5) is 35.0. The number of carbonyl (C=O) groups excluding carboxylic acids is 1. The molecule has 27 heavy (non-hydrogen) atoms. The van der Waals surface area contributed by atoms with Gasteiger partial charge in [0.2, 0.25) is 0 Å². The molecule has 0 aliphatic carbocycles. The summed E-state index contributed by atoms with van der Waals surface area (Å²) in [6.45, 7) is 0. The van der Waals surface area contributed by atoms with E-state index in [2.05, 4.69) is 25.6 Å². The van der Waals surface area contributed by atoms with E-state index in [9.17, 15) is 9.59 Å². The number of carbonyl (C=O) groups is 2. The molecule has 0 saturated carbocycles. The largest absolute Gasteiger partial charge is 0.476 e. The summed E-state index contributed by atoms with van der Waals surface area (Å²) in [6.07, 6.45) is 3.86. The molecule has 0 unspecified atom stereocenters. The van der Waals surface area contributed by atoms with E-state index in [0.29, 0.717) is 17.3 Å². The molecular formula is C17H11Cl2N5O3. The Morgan fingerprint density at radius 1 is 0.963 bits per heavy atom. The number of nitrogens with zero attached hydrogens (tertiary/aromatic N) is 3. The number of nitrogens with one attached hydrogen (secondary N) is 2. The maximum absolute atomic E-state index is 12.4. The lowest BCUT2D eigenvalue weighted by molar-refractivity contribution is 0.0690. The van der Waals surface area contributed by atoms with Gasteiger partial charge in [-0.2, -0.15) is 0 Å². The number of anilines is 3. The molecule has 0 aliphatic heterocycles. The maximum atomic E-state index is 12.4. The number of carboxylic acid groups (broad SMARTS) is 1. The summed E-state index contributed by atoms with van der Waals surface area (Å²) in [7, 11) is 0. The van der Waals surface area contributed by atoms with Crippen LogP contribution in [0.25, 0.3) is 0 Å². The average molecular weight is 404 g/mol. The molecule has 3 N–H and O–H groups in total. The molecule has 2 heterocycles. The number of rotatable bonds is 5. The predicted molar refractivity (Wildman–Crippen MR) is 101 cm³/mol. The number of amides is 1. The van der Waals surface area contributed by atoms with E-state index in [1.807, 2.05) is 0 Å². The third-order valence-corrected chi connectivity index (χ3v) is 3.96. The third kappa shape index (κ3) is 4.49. The minimum Gasteiger partial charge on any atom is -0.476 e. The van der Waals surface area contributed by atoms with Crippen LogP contribution in [-0.4, -0.2) is 31.9 Å². The molecule has 0 bridgehead atoms. The van der Waals surface area contributed by atoms with E-state index in [0.717, 1.165) is 6.20 Å². The molecule has 1 amide bonds. The van der Waals surface area contributed by atoms with Crippen LogP contribution in [0.3, 0.4) is 0 Å². The number of pyridine rings is 1. The standard InChI is InChI=1S/C17H11Cl2N5O3/c18-10-2-1-3-11(19)15(10)16(25)23-9-4-5-20-13(6-9)24-14-8-21-12(7-22-14)17(26)27/h1-8H,(H,26,27)(H2,20,22,23,24,25). The fourth-order valence-corrected chi connectivity index (χ4v) is 2.69. The SMILES string of the molecule is O=C(O)c1cnc(Nc2cc(NC(=O)c3c(Cl)cccc3Cl)ccn2)cn1. The van der Waals surface area contributed by atoms with E-state index in [4.69, 9.17) is 28.3 Å². The molecule has 10 heteroatoms. The van der Waals surface area contributed by atoms with E-state index in [-0.39, 0.29) is 21.3 Å². The minimum atomic E-state index is -1.17. The zero-order valence-corrected chi connectivity index (χ0v) is 15.0. The van der Waals surface area contributed by atoms with Crippen molar-refractivity contribution in [3.8, 4) is 0 Å². The van der Waals surface area contributed by atoms with Crippen molar-refractivity contribution < 1.29 is 14.7 Å². The van der Waals surface area contributed by atoms with Crippen molar-refractivity contribution in [3.63, 3.8) is 0 Å². The molecule has 1 aromatic carbocycles. The lowest BCUT2D eigenvalue weighted by Crippen LogP contribution is -2.13. The fourth-order valence-electron chi connectivity index (χ4n) is 2.12. The molecule has 0 fully saturated rings. The second-order valence-electron chi connectivity index (χ2n) is 5.20. The smallest absolute Gasteiger partial charge is 0.356 e. The Kier molecular flexibility index (Phi) is 5.49. The van der Waals surface area contributed by atoms with Crippen LogP contribution in [-0.2, 0) is 0 Å². The number of hydrogen-bond acceptors (Lipinski definition) is 6. The van der Waals surface area contributed by atoms with Gasteiger partial charge < -0.3 is 15.7 Å². The van der Waals surface area contributed by atoms with Gasteiger partial charge in [-0.15, -0.1) is 0 Å². The van der Waals surface area contributed by atoms with Gasteiger partial charge in [0.1, 0.15) is 11.6 Å². The van der Waals surface area contributed by atoms with Crippen LogP contribution in [0.4, 0.5) is 17.3 Å². The van der Waals surface area contributed by atoms with Gasteiger partial charge in [0, 0.05) is 18.0 Å². The summed E-state index contributed by atoms with van der Waals surface area (Å²) >= 11 is 12.1. The number of aromatic nitrogens is 3. The van der Waals surface area contributed by atoms with Crippen LogP contribution in [0.5, 0.6) is 0 Å². The van der Waals surface area contributed by atoms with E-state index >= 15 is 0 Å². The Bertz CT molecular complexity index is 991. The second-order valence-corrected chi connectivity index (χ2v) is 6.01. The number of carboxylic acids is 1. The number of hydrogen-bond donors (Lipinski definition) is 3. The summed E-state index contributed by atoms with van der Waals surface area (Å²) in [6, 6.07) is 7.94. The van der Waals surface area contributed by atoms with Crippen molar-refractivity contribution in [2.45, 2.75) is 0 Å². The Hall–Kier alpha value is -3.23. The molecule has 3 rings (SSSR count). The van der Waals surface area contributed by atoms with Gasteiger partial charge in [0.25, 0.3) is 5.91 Å². The average Bonchev–Trinajstić information content (AvgIpc) is 2.62. The zero-order chi connectivity index (χ0) is 19.4. The highest BCUT2D eigenvalue weighted by Gasteiger charge is 2.15. The van der Waals surface area contributed by atoms with Gasteiger partial charge in [-0.1, -0.05) is 29.3 Å². The van der Waals surface area contributed by atoms with Crippen LogP contribution in [0, 0.1) is 0 Å². The highest BCUT2D eigenvalue weighted by Crippen LogP contribution is 2.25. The molecular weight excluding hydrogens is 393 g/mol. The number of halogens is 2. The first-order valence-electron chi connectivity index (χ1n) is 7.48. The number of aromatic carboxylic acids is 1. The lowest BCUT2D eigenvalue weighted by Gasteiger charge is -2.10. The van der Waals surface area contributed by atoms with Gasteiger partial charge in [-0.3, -0.25) is 4.79 Å². The van der Waals surface area contributed by atoms with Crippen LogP contribution < -0.4 is 10.6 Å². The Labute approximate surface area is 163 Å². The lowest BCUT2D eigenvalue weighted by atomic mass is 10.2. The topological polar surface area (TPSA) is 117 Å². The fraction of sp³-hybridized carbons (Fsp3) is 0.